The molecule has 0 spiro atoms. The highest BCUT2D eigenvalue weighted by Crippen LogP contribution is 2.22. The van der Waals surface area contributed by atoms with Crippen molar-refractivity contribution >= 4 is 28.5 Å². The van der Waals surface area contributed by atoms with Crippen LogP contribution in [0.3, 0.4) is 0 Å². The van der Waals surface area contributed by atoms with Crippen LogP contribution >= 0.6 is 11.6 Å². The molecule has 1 aromatic heterocycles. The lowest BCUT2D eigenvalue weighted by Crippen LogP contribution is -2.25. The molecule has 1 heterocycles. The fraction of sp³-hybridized carbons (Fsp3) is 0.200. The van der Waals surface area contributed by atoms with E-state index >= 15 is 0 Å². The molecule has 0 aliphatic rings. The minimum absolute atomic E-state index is 0.167. The summed E-state index contributed by atoms with van der Waals surface area (Å²) in [6, 6.07) is 20.5. The Hall–Kier alpha value is -3.51. The summed E-state index contributed by atoms with van der Waals surface area (Å²) in [5.41, 5.74) is 3.41. The van der Waals surface area contributed by atoms with Crippen molar-refractivity contribution in [2.24, 2.45) is 0 Å². The molecule has 0 atom stereocenters. The molecular formula is C25H24ClN3O3. The Morgan fingerprint density at radius 3 is 2.56 bits per heavy atom. The monoisotopic (exact) mass is 449 g/mol. The average Bonchev–Trinajstić information content (AvgIpc) is 3.17. The van der Waals surface area contributed by atoms with Gasteiger partial charge in [0, 0.05) is 10.6 Å². The highest BCUT2D eigenvalue weighted by Gasteiger charge is 2.13. The van der Waals surface area contributed by atoms with Crippen LogP contribution < -0.4 is 14.8 Å². The number of aryl methyl sites for hydroxylation is 1. The number of halogens is 1. The van der Waals surface area contributed by atoms with Crippen molar-refractivity contribution in [1.29, 1.82) is 0 Å². The molecule has 4 rings (SSSR count). The normalized spacial score (nSPS) is 10.8. The van der Waals surface area contributed by atoms with Crippen molar-refractivity contribution in [1.82, 2.24) is 14.9 Å². The average molecular weight is 450 g/mol. The highest BCUT2D eigenvalue weighted by atomic mass is 35.5. The van der Waals surface area contributed by atoms with Crippen molar-refractivity contribution in [3.63, 3.8) is 0 Å². The van der Waals surface area contributed by atoms with Gasteiger partial charge >= 0.3 is 0 Å². The van der Waals surface area contributed by atoms with Gasteiger partial charge in [0.1, 0.15) is 23.9 Å². The number of nitrogens with one attached hydrogen (secondary N) is 1. The van der Waals surface area contributed by atoms with Crippen LogP contribution in [0, 0.1) is 6.92 Å². The van der Waals surface area contributed by atoms with Crippen LogP contribution in [0.25, 0.3) is 11.0 Å². The smallest absolute Gasteiger partial charge is 0.251 e. The minimum Gasteiger partial charge on any atom is -0.497 e. The third-order valence-electron chi connectivity index (χ3n) is 5.21. The Morgan fingerprint density at radius 1 is 1.06 bits per heavy atom. The first-order chi connectivity index (χ1) is 15.5. The summed E-state index contributed by atoms with van der Waals surface area (Å²) in [7, 11) is 1.59. The Labute approximate surface area is 191 Å². The molecule has 0 saturated carbocycles. The molecule has 4 aromatic rings. The number of benzene rings is 3. The molecule has 0 unspecified atom stereocenters. The first-order valence-electron chi connectivity index (χ1n) is 10.3. The van der Waals surface area contributed by atoms with Gasteiger partial charge in [-0.2, -0.15) is 0 Å². The van der Waals surface area contributed by atoms with Gasteiger partial charge < -0.3 is 19.4 Å². The molecule has 0 radical (unpaired) electrons. The summed E-state index contributed by atoms with van der Waals surface area (Å²) in [5, 5.41) is 3.67. The van der Waals surface area contributed by atoms with E-state index in [-0.39, 0.29) is 5.91 Å². The number of imidazole rings is 1. The number of carbonyl (C=O) groups is 1. The van der Waals surface area contributed by atoms with Crippen molar-refractivity contribution in [2.45, 2.75) is 20.0 Å². The van der Waals surface area contributed by atoms with E-state index in [1.807, 2.05) is 49.4 Å². The van der Waals surface area contributed by atoms with Crippen LogP contribution in [0.1, 0.15) is 21.7 Å². The topological polar surface area (TPSA) is 65.4 Å². The van der Waals surface area contributed by atoms with E-state index in [4.69, 9.17) is 26.1 Å². The Balaban J connectivity index is 1.46. The lowest BCUT2D eigenvalue weighted by molar-refractivity contribution is 0.0949. The Kier molecular flexibility index (Phi) is 6.61. The summed E-state index contributed by atoms with van der Waals surface area (Å²) in [5.74, 6) is 2.08. The first-order valence-corrected chi connectivity index (χ1v) is 10.7. The van der Waals surface area contributed by atoms with Crippen LogP contribution in [0.4, 0.5) is 0 Å². The minimum atomic E-state index is -0.167. The maximum Gasteiger partial charge on any atom is 0.251 e. The second kappa shape index (κ2) is 9.75. The van der Waals surface area contributed by atoms with E-state index < -0.39 is 0 Å². The number of aromatic nitrogens is 2. The van der Waals surface area contributed by atoms with Crippen molar-refractivity contribution in [2.75, 3.05) is 13.7 Å². The maximum absolute atomic E-state index is 12.6. The molecule has 1 N–H and O–H groups in total. The van der Waals surface area contributed by atoms with E-state index in [9.17, 15) is 4.79 Å². The second-order valence-electron chi connectivity index (χ2n) is 7.34. The lowest BCUT2D eigenvalue weighted by atomic mass is 10.2. The van der Waals surface area contributed by atoms with Crippen molar-refractivity contribution in [3.05, 3.63) is 88.7 Å². The van der Waals surface area contributed by atoms with E-state index in [2.05, 4.69) is 9.88 Å². The van der Waals surface area contributed by atoms with Crippen LogP contribution in [-0.2, 0) is 13.1 Å². The molecule has 32 heavy (non-hydrogen) atoms. The van der Waals surface area contributed by atoms with Gasteiger partial charge in [-0.25, -0.2) is 4.98 Å². The number of amides is 1. The Morgan fingerprint density at radius 2 is 1.81 bits per heavy atom. The van der Waals surface area contributed by atoms with Crippen molar-refractivity contribution < 1.29 is 14.3 Å². The zero-order valence-electron chi connectivity index (χ0n) is 18.0. The van der Waals surface area contributed by atoms with Crippen LogP contribution in [0.5, 0.6) is 11.5 Å². The fourth-order valence-corrected chi connectivity index (χ4v) is 3.59. The predicted octanol–water partition coefficient (Wildman–Crippen LogP) is 5.02. The number of methoxy groups -OCH3 is 1. The molecule has 0 saturated heterocycles. The zero-order valence-corrected chi connectivity index (χ0v) is 18.7. The van der Waals surface area contributed by atoms with Crippen LogP contribution in [0.2, 0.25) is 5.02 Å². The summed E-state index contributed by atoms with van der Waals surface area (Å²) in [4.78, 5) is 17.3. The number of carbonyl (C=O) groups excluding carboxylic acids is 1. The zero-order chi connectivity index (χ0) is 22.5. The molecule has 0 aliphatic heterocycles. The quantitative estimate of drug-likeness (QED) is 0.410. The van der Waals surface area contributed by atoms with Gasteiger partial charge in [0.05, 0.1) is 31.2 Å². The number of fused-ring (bicyclic) bond motifs is 1. The van der Waals surface area contributed by atoms with Gasteiger partial charge in [-0.15, -0.1) is 0 Å². The molecule has 7 heteroatoms. The number of hydrogen-bond donors (Lipinski definition) is 1. The number of rotatable bonds is 8. The third kappa shape index (κ3) is 4.86. The maximum atomic E-state index is 12.6. The molecular weight excluding hydrogens is 426 g/mol. The molecule has 3 aromatic carbocycles. The van der Waals surface area contributed by atoms with Gasteiger partial charge in [-0.05, 0) is 67.1 Å². The largest absolute Gasteiger partial charge is 0.497 e. The van der Waals surface area contributed by atoms with Gasteiger partial charge in [0.15, 0.2) is 0 Å². The molecule has 0 bridgehead atoms. The first kappa shape index (κ1) is 21.7. The van der Waals surface area contributed by atoms with Crippen LogP contribution in [0.15, 0.2) is 66.7 Å². The van der Waals surface area contributed by atoms with Gasteiger partial charge in [-0.3, -0.25) is 4.79 Å². The molecule has 6 nitrogen and oxygen atoms in total. The lowest BCUT2D eigenvalue weighted by Gasteiger charge is -2.12. The Bertz CT molecular complexity index is 1240. The van der Waals surface area contributed by atoms with Gasteiger partial charge in [-0.1, -0.05) is 23.7 Å². The number of hydrogen-bond acceptors (Lipinski definition) is 4. The summed E-state index contributed by atoms with van der Waals surface area (Å²) >= 11 is 6.09. The van der Waals surface area contributed by atoms with E-state index in [1.54, 1.807) is 31.4 Å². The standard InChI is InChI=1S/C25H24ClN3O3/c1-17-15-20(11-12-21(17)26)32-14-13-29-23-6-4-3-5-22(23)28-24(29)16-27-25(30)18-7-9-19(31-2)10-8-18/h3-12,15H,13-14,16H2,1-2H3,(H,27,30). The molecule has 0 fully saturated rings. The highest BCUT2D eigenvalue weighted by molar-refractivity contribution is 6.31. The van der Waals surface area contributed by atoms with Crippen LogP contribution in [-0.4, -0.2) is 29.2 Å². The van der Waals surface area contributed by atoms with E-state index in [0.717, 1.165) is 28.2 Å². The van der Waals surface area contributed by atoms with E-state index in [1.165, 1.54) is 0 Å². The second-order valence-corrected chi connectivity index (χ2v) is 7.75. The van der Waals surface area contributed by atoms with Gasteiger partial charge in [0.2, 0.25) is 0 Å². The number of para-hydroxylation sites is 2. The van der Waals surface area contributed by atoms with Crippen molar-refractivity contribution in [3.8, 4) is 11.5 Å². The number of ether oxygens (including phenoxy) is 2. The SMILES string of the molecule is COc1ccc(C(=O)NCc2nc3ccccc3n2CCOc2ccc(Cl)c(C)c2)cc1. The summed E-state index contributed by atoms with van der Waals surface area (Å²) in [6.45, 7) is 3.30. The fourth-order valence-electron chi connectivity index (χ4n) is 3.48. The predicted molar refractivity (Wildman–Crippen MR) is 126 cm³/mol. The summed E-state index contributed by atoms with van der Waals surface area (Å²) in [6.07, 6.45) is 0. The molecule has 1 amide bonds. The molecule has 0 aliphatic carbocycles. The third-order valence-corrected chi connectivity index (χ3v) is 5.63. The number of nitrogens with zero attached hydrogens (tertiary/aromatic N) is 2. The molecule has 164 valence electrons. The van der Waals surface area contributed by atoms with Gasteiger partial charge in [0.25, 0.3) is 5.91 Å². The summed E-state index contributed by atoms with van der Waals surface area (Å²) < 4.78 is 13.2. The van der Waals surface area contributed by atoms with E-state index in [0.29, 0.717) is 36.0 Å².